The number of thioether (sulfide) groups is 2. The van der Waals surface area contributed by atoms with Crippen molar-refractivity contribution in [3.8, 4) is 0 Å². The standard InChI is InChI=1S/C6H10N4O2S2/c11-1-3-13-5-7-9-6(10-8-5)14-4-2-12/h11-12H,1-4H2. The zero-order chi connectivity index (χ0) is 10.2. The monoisotopic (exact) mass is 234 g/mol. The number of aromatic nitrogens is 4. The van der Waals surface area contributed by atoms with Gasteiger partial charge in [0.05, 0.1) is 13.2 Å². The summed E-state index contributed by atoms with van der Waals surface area (Å²) in [6.07, 6.45) is 0. The summed E-state index contributed by atoms with van der Waals surface area (Å²) in [5.41, 5.74) is 0. The normalized spacial score (nSPS) is 10.4. The summed E-state index contributed by atoms with van der Waals surface area (Å²) in [5, 5.41) is 33.2. The van der Waals surface area contributed by atoms with Gasteiger partial charge in [0.2, 0.25) is 10.3 Å². The van der Waals surface area contributed by atoms with Gasteiger partial charge < -0.3 is 10.2 Å². The number of hydrogen-bond donors (Lipinski definition) is 2. The predicted octanol–water partition coefficient (Wildman–Crippen LogP) is -0.565. The lowest BCUT2D eigenvalue weighted by molar-refractivity contribution is 0.322. The summed E-state index contributed by atoms with van der Waals surface area (Å²) in [6, 6.07) is 0. The Morgan fingerprint density at radius 2 is 1.14 bits per heavy atom. The van der Waals surface area contributed by atoms with Gasteiger partial charge >= 0.3 is 0 Å². The highest BCUT2D eigenvalue weighted by Crippen LogP contribution is 2.12. The second-order valence-electron chi connectivity index (χ2n) is 2.11. The molecule has 0 aromatic carbocycles. The van der Waals surface area contributed by atoms with E-state index in [1.807, 2.05) is 0 Å². The third-order valence-corrected chi connectivity index (χ3v) is 2.70. The maximum absolute atomic E-state index is 8.55. The van der Waals surface area contributed by atoms with Gasteiger partial charge in [-0.05, 0) is 0 Å². The highest BCUT2D eigenvalue weighted by atomic mass is 32.2. The Labute approximate surface area is 89.5 Å². The van der Waals surface area contributed by atoms with E-state index in [4.69, 9.17) is 10.2 Å². The molecule has 1 heterocycles. The van der Waals surface area contributed by atoms with Crippen LogP contribution in [0.4, 0.5) is 0 Å². The van der Waals surface area contributed by atoms with Crippen molar-refractivity contribution in [1.29, 1.82) is 0 Å². The Morgan fingerprint density at radius 3 is 1.43 bits per heavy atom. The largest absolute Gasteiger partial charge is 0.396 e. The fraction of sp³-hybridized carbons (Fsp3) is 0.667. The molecule has 8 heteroatoms. The van der Waals surface area contributed by atoms with Crippen LogP contribution < -0.4 is 0 Å². The van der Waals surface area contributed by atoms with Crippen LogP contribution in [0, 0.1) is 0 Å². The molecule has 0 saturated carbocycles. The Balaban J connectivity index is 2.42. The summed E-state index contributed by atoms with van der Waals surface area (Å²) in [7, 11) is 0. The van der Waals surface area contributed by atoms with Crippen LogP contribution >= 0.6 is 23.5 Å². The van der Waals surface area contributed by atoms with Crippen molar-refractivity contribution in [2.75, 3.05) is 24.7 Å². The summed E-state index contributed by atoms with van der Waals surface area (Å²) in [5.74, 6) is 1.07. The van der Waals surface area contributed by atoms with Gasteiger partial charge in [-0.15, -0.1) is 20.4 Å². The lowest BCUT2D eigenvalue weighted by Crippen LogP contribution is -1.99. The average molecular weight is 234 g/mol. The highest BCUT2D eigenvalue weighted by molar-refractivity contribution is 7.99. The fourth-order valence-corrected chi connectivity index (χ4v) is 1.54. The molecule has 0 atom stereocenters. The van der Waals surface area contributed by atoms with Crippen molar-refractivity contribution in [3.63, 3.8) is 0 Å². The second kappa shape index (κ2) is 6.93. The molecular formula is C6H10N4O2S2. The Bertz CT molecular complexity index is 232. The Hall–Kier alpha value is -0.440. The molecule has 1 aromatic rings. The van der Waals surface area contributed by atoms with E-state index in [0.717, 1.165) is 0 Å². The van der Waals surface area contributed by atoms with Gasteiger partial charge in [0.15, 0.2) is 0 Å². The first kappa shape index (κ1) is 11.6. The Kier molecular flexibility index (Phi) is 5.76. The molecule has 0 radical (unpaired) electrons. The van der Waals surface area contributed by atoms with Crippen LogP contribution in [0.2, 0.25) is 0 Å². The van der Waals surface area contributed by atoms with E-state index in [1.165, 1.54) is 23.5 Å². The third kappa shape index (κ3) is 4.18. The summed E-state index contributed by atoms with van der Waals surface area (Å²) >= 11 is 2.59. The van der Waals surface area contributed by atoms with E-state index in [-0.39, 0.29) is 13.2 Å². The molecule has 0 bridgehead atoms. The zero-order valence-corrected chi connectivity index (χ0v) is 8.96. The summed E-state index contributed by atoms with van der Waals surface area (Å²) in [4.78, 5) is 0. The maximum atomic E-state index is 8.55. The minimum Gasteiger partial charge on any atom is -0.396 e. The first-order chi connectivity index (χ1) is 6.86. The number of rotatable bonds is 6. The van der Waals surface area contributed by atoms with Crippen LogP contribution in [0.3, 0.4) is 0 Å². The number of aliphatic hydroxyl groups is 2. The molecule has 6 nitrogen and oxygen atoms in total. The zero-order valence-electron chi connectivity index (χ0n) is 7.33. The quantitative estimate of drug-likeness (QED) is 0.633. The molecule has 0 aliphatic heterocycles. The van der Waals surface area contributed by atoms with Crippen molar-refractivity contribution in [2.45, 2.75) is 10.3 Å². The van der Waals surface area contributed by atoms with Crippen molar-refractivity contribution in [1.82, 2.24) is 20.4 Å². The molecule has 0 aliphatic rings. The molecule has 0 amide bonds. The number of nitrogens with zero attached hydrogens (tertiary/aromatic N) is 4. The topological polar surface area (TPSA) is 92.0 Å². The fourth-order valence-electron chi connectivity index (χ4n) is 0.600. The first-order valence-electron chi connectivity index (χ1n) is 3.91. The van der Waals surface area contributed by atoms with Gasteiger partial charge in [0.1, 0.15) is 0 Å². The molecular weight excluding hydrogens is 224 g/mol. The molecule has 0 aliphatic carbocycles. The molecule has 78 valence electrons. The lowest BCUT2D eigenvalue weighted by atomic mass is 10.9. The summed E-state index contributed by atoms with van der Waals surface area (Å²) < 4.78 is 0. The summed E-state index contributed by atoms with van der Waals surface area (Å²) in [6.45, 7) is 0.157. The average Bonchev–Trinajstić information content (AvgIpc) is 2.25. The number of aliphatic hydroxyl groups excluding tert-OH is 2. The van der Waals surface area contributed by atoms with E-state index in [1.54, 1.807) is 0 Å². The highest BCUT2D eigenvalue weighted by Gasteiger charge is 2.01. The van der Waals surface area contributed by atoms with Crippen molar-refractivity contribution in [3.05, 3.63) is 0 Å². The van der Waals surface area contributed by atoms with Crippen LogP contribution in [-0.2, 0) is 0 Å². The molecule has 1 aromatic heterocycles. The van der Waals surface area contributed by atoms with Gasteiger partial charge in [0.25, 0.3) is 0 Å². The molecule has 14 heavy (non-hydrogen) atoms. The van der Waals surface area contributed by atoms with E-state index >= 15 is 0 Å². The van der Waals surface area contributed by atoms with Gasteiger partial charge in [-0.25, -0.2) is 0 Å². The smallest absolute Gasteiger partial charge is 0.230 e. The third-order valence-electron chi connectivity index (χ3n) is 1.09. The molecule has 1 rings (SSSR count). The first-order valence-corrected chi connectivity index (χ1v) is 5.88. The molecule has 0 unspecified atom stereocenters. The molecule has 0 fully saturated rings. The van der Waals surface area contributed by atoms with Crippen LogP contribution in [-0.4, -0.2) is 55.3 Å². The predicted molar refractivity (Wildman–Crippen MR) is 53.2 cm³/mol. The van der Waals surface area contributed by atoms with Crippen molar-refractivity contribution >= 4 is 23.5 Å². The minimum absolute atomic E-state index is 0.0784. The van der Waals surface area contributed by atoms with Crippen molar-refractivity contribution < 1.29 is 10.2 Å². The molecule has 0 saturated heterocycles. The lowest BCUT2D eigenvalue weighted by Gasteiger charge is -1.97. The van der Waals surface area contributed by atoms with Crippen LogP contribution in [0.1, 0.15) is 0 Å². The van der Waals surface area contributed by atoms with E-state index in [2.05, 4.69) is 20.4 Å². The van der Waals surface area contributed by atoms with E-state index in [0.29, 0.717) is 21.8 Å². The van der Waals surface area contributed by atoms with Gasteiger partial charge in [-0.2, -0.15) is 0 Å². The van der Waals surface area contributed by atoms with Crippen LogP contribution in [0.25, 0.3) is 0 Å². The SMILES string of the molecule is OCCSc1nnc(SCCO)nn1. The maximum Gasteiger partial charge on any atom is 0.230 e. The molecule has 2 N–H and O–H groups in total. The second-order valence-corrected chi connectivity index (χ2v) is 4.23. The minimum atomic E-state index is 0.0784. The van der Waals surface area contributed by atoms with Gasteiger partial charge in [0, 0.05) is 11.5 Å². The molecule has 0 spiro atoms. The van der Waals surface area contributed by atoms with E-state index < -0.39 is 0 Å². The Morgan fingerprint density at radius 1 is 0.786 bits per heavy atom. The van der Waals surface area contributed by atoms with Crippen molar-refractivity contribution in [2.24, 2.45) is 0 Å². The van der Waals surface area contributed by atoms with E-state index in [9.17, 15) is 0 Å². The number of hydrogen-bond acceptors (Lipinski definition) is 8. The van der Waals surface area contributed by atoms with Gasteiger partial charge in [-0.1, -0.05) is 23.5 Å². The van der Waals surface area contributed by atoms with Gasteiger partial charge in [-0.3, -0.25) is 0 Å². The van der Waals surface area contributed by atoms with Crippen LogP contribution in [0.5, 0.6) is 0 Å². The van der Waals surface area contributed by atoms with Crippen LogP contribution in [0.15, 0.2) is 10.3 Å².